The van der Waals surface area contributed by atoms with Crippen LogP contribution in [0.5, 0.6) is 0 Å². The highest BCUT2D eigenvalue weighted by Crippen LogP contribution is 2.19. The van der Waals surface area contributed by atoms with Crippen molar-refractivity contribution in [2.75, 3.05) is 13.1 Å². The first-order valence-electron chi connectivity index (χ1n) is 5.59. The predicted molar refractivity (Wildman–Crippen MR) is 57.7 cm³/mol. The number of hydrogen-bond acceptors (Lipinski definition) is 2. The number of hydrogen-bond donors (Lipinski definition) is 1. The highest BCUT2D eigenvalue weighted by Gasteiger charge is 2.21. The fourth-order valence-electron chi connectivity index (χ4n) is 2.31. The van der Waals surface area contributed by atoms with E-state index in [4.69, 9.17) is 5.73 Å². The molecule has 3 atom stereocenters. The lowest BCUT2D eigenvalue weighted by atomic mass is 9.97. The molecule has 3 unspecified atom stereocenters. The number of rotatable bonds is 3. The zero-order chi connectivity index (χ0) is 9.84. The van der Waals surface area contributed by atoms with Crippen LogP contribution >= 0.6 is 0 Å². The van der Waals surface area contributed by atoms with Gasteiger partial charge in [0, 0.05) is 18.6 Å². The first kappa shape index (κ1) is 11.0. The zero-order valence-electron chi connectivity index (χ0n) is 9.29. The summed E-state index contributed by atoms with van der Waals surface area (Å²) in [5, 5.41) is 0. The minimum Gasteiger partial charge on any atom is -0.328 e. The minimum absolute atomic E-state index is 0.340. The molecule has 0 spiro atoms. The Kier molecular flexibility index (Phi) is 4.20. The Bertz CT molecular complexity index is 145. The summed E-state index contributed by atoms with van der Waals surface area (Å²) in [6, 6.07) is 1.01. The van der Waals surface area contributed by atoms with Crippen LogP contribution in [0.3, 0.4) is 0 Å². The largest absolute Gasteiger partial charge is 0.328 e. The van der Waals surface area contributed by atoms with Crippen LogP contribution < -0.4 is 5.73 Å². The van der Waals surface area contributed by atoms with E-state index in [2.05, 4.69) is 25.7 Å². The van der Waals surface area contributed by atoms with E-state index in [1.165, 1.54) is 25.9 Å². The van der Waals surface area contributed by atoms with Crippen LogP contribution in [-0.2, 0) is 0 Å². The topological polar surface area (TPSA) is 29.3 Å². The van der Waals surface area contributed by atoms with Gasteiger partial charge in [-0.05, 0) is 45.6 Å². The average Bonchev–Trinajstić information content (AvgIpc) is 2.03. The van der Waals surface area contributed by atoms with E-state index < -0.39 is 0 Å². The summed E-state index contributed by atoms with van der Waals surface area (Å²) in [5.41, 5.74) is 5.81. The van der Waals surface area contributed by atoms with E-state index in [1.807, 2.05) is 0 Å². The second-order valence-corrected chi connectivity index (χ2v) is 4.80. The van der Waals surface area contributed by atoms with Crippen LogP contribution in [0.15, 0.2) is 0 Å². The van der Waals surface area contributed by atoms with Crippen molar-refractivity contribution < 1.29 is 0 Å². The van der Waals surface area contributed by atoms with Crippen LogP contribution in [0.2, 0.25) is 0 Å². The molecule has 1 saturated heterocycles. The molecule has 1 heterocycles. The summed E-state index contributed by atoms with van der Waals surface area (Å²) < 4.78 is 0. The lowest BCUT2D eigenvalue weighted by molar-refractivity contribution is 0.129. The molecule has 0 radical (unpaired) electrons. The summed E-state index contributed by atoms with van der Waals surface area (Å²) in [5.74, 6) is 0.879. The maximum atomic E-state index is 5.81. The summed E-state index contributed by atoms with van der Waals surface area (Å²) in [4.78, 5) is 2.59. The van der Waals surface area contributed by atoms with Gasteiger partial charge < -0.3 is 10.6 Å². The smallest absolute Gasteiger partial charge is 0.00816 e. The molecule has 0 bridgehead atoms. The molecule has 2 heteroatoms. The van der Waals surface area contributed by atoms with Gasteiger partial charge in [0.2, 0.25) is 0 Å². The minimum atomic E-state index is 0.340. The van der Waals surface area contributed by atoms with Gasteiger partial charge in [-0.25, -0.2) is 0 Å². The van der Waals surface area contributed by atoms with Gasteiger partial charge in [0.25, 0.3) is 0 Å². The Morgan fingerprint density at radius 1 is 1.46 bits per heavy atom. The monoisotopic (exact) mass is 184 g/mol. The Morgan fingerprint density at radius 2 is 2.15 bits per heavy atom. The molecule has 1 aliphatic heterocycles. The van der Waals surface area contributed by atoms with E-state index in [0.29, 0.717) is 12.1 Å². The van der Waals surface area contributed by atoms with Crippen molar-refractivity contribution in [2.45, 2.75) is 52.1 Å². The Balaban J connectivity index is 2.32. The summed E-state index contributed by atoms with van der Waals surface area (Å²) in [6.07, 6.45) is 3.90. The fraction of sp³-hybridized carbons (Fsp3) is 1.00. The van der Waals surface area contributed by atoms with Gasteiger partial charge in [0.1, 0.15) is 0 Å². The first-order valence-corrected chi connectivity index (χ1v) is 5.59. The van der Waals surface area contributed by atoms with E-state index in [-0.39, 0.29) is 0 Å². The van der Waals surface area contributed by atoms with E-state index in [9.17, 15) is 0 Å². The van der Waals surface area contributed by atoms with Crippen LogP contribution in [0.25, 0.3) is 0 Å². The van der Waals surface area contributed by atoms with E-state index >= 15 is 0 Å². The summed E-state index contributed by atoms with van der Waals surface area (Å²) in [6.45, 7) is 9.31. The highest BCUT2D eigenvalue weighted by molar-refractivity contribution is 4.76. The second kappa shape index (κ2) is 4.97. The van der Waals surface area contributed by atoms with Gasteiger partial charge in [-0.15, -0.1) is 0 Å². The molecule has 0 aromatic carbocycles. The van der Waals surface area contributed by atoms with Gasteiger partial charge in [-0.2, -0.15) is 0 Å². The molecule has 0 saturated carbocycles. The normalized spacial score (nSPS) is 30.0. The lowest BCUT2D eigenvalue weighted by Crippen LogP contribution is -2.42. The molecule has 2 nitrogen and oxygen atoms in total. The number of piperidine rings is 1. The molecule has 1 fully saturated rings. The Hall–Kier alpha value is -0.0800. The van der Waals surface area contributed by atoms with Crippen molar-refractivity contribution >= 4 is 0 Å². The van der Waals surface area contributed by atoms with Crippen molar-refractivity contribution in [1.29, 1.82) is 0 Å². The summed E-state index contributed by atoms with van der Waals surface area (Å²) in [7, 11) is 0. The van der Waals surface area contributed by atoms with Crippen LogP contribution in [-0.4, -0.2) is 30.1 Å². The van der Waals surface area contributed by atoms with Crippen molar-refractivity contribution in [3.63, 3.8) is 0 Å². The van der Waals surface area contributed by atoms with Gasteiger partial charge >= 0.3 is 0 Å². The molecule has 0 aliphatic carbocycles. The maximum Gasteiger partial charge on any atom is 0.00816 e. The third-order valence-electron chi connectivity index (χ3n) is 3.02. The quantitative estimate of drug-likeness (QED) is 0.725. The molecule has 1 rings (SSSR count). The molecular formula is C11H24N2. The molecule has 13 heavy (non-hydrogen) atoms. The van der Waals surface area contributed by atoms with E-state index in [0.717, 1.165) is 12.3 Å². The third kappa shape index (κ3) is 3.65. The van der Waals surface area contributed by atoms with Gasteiger partial charge in [0.15, 0.2) is 0 Å². The number of nitrogens with two attached hydrogens (primary N) is 1. The molecular weight excluding hydrogens is 160 g/mol. The number of likely N-dealkylation sites (tertiary alicyclic amines) is 1. The predicted octanol–water partition coefficient (Wildman–Crippen LogP) is 1.84. The van der Waals surface area contributed by atoms with Crippen molar-refractivity contribution in [3.05, 3.63) is 0 Å². The van der Waals surface area contributed by atoms with E-state index in [1.54, 1.807) is 0 Å². The van der Waals surface area contributed by atoms with Crippen molar-refractivity contribution in [1.82, 2.24) is 4.90 Å². The van der Waals surface area contributed by atoms with Crippen molar-refractivity contribution in [2.24, 2.45) is 11.7 Å². The SMILES string of the molecule is CC(N)CC(C)N1CCCC(C)C1. The first-order chi connectivity index (χ1) is 6.09. The molecule has 0 amide bonds. The maximum absolute atomic E-state index is 5.81. The molecule has 2 N–H and O–H groups in total. The Morgan fingerprint density at radius 3 is 2.69 bits per heavy atom. The van der Waals surface area contributed by atoms with Crippen LogP contribution in [0.4, 0.5) is 0 Å². The van der Waals surface area contributed by atoms with Gasteiger partial charge in [-0.3, -0.25) is 0 Å². The van der Waals surface area contributed by atoms with Gasteiger partial charge in [0.05, 0.1) is 0 Å². The average molecular weight is 184 g/mol. The summed E-state index contributed by atoms with van der Waals surface area (Å²) >= 11 is 0. The molecule has 1 aliphatic rings. The lowest BCUT2D eigenvalue weighted by Gasteiger charge is -2.36. The molecule has 78 valence electrons. The van der Waals surface area contributed by atoms with Crippen LogP contribution in [0, 0.1) is 5.92 Å². The highest BCUT2D eigenvalue weighted by atomic mass is 15.2. The van der Waals surface area contributed by atoms with Gasteiger partial charge in [-0.1, -0.05) is 6.92 Å². The second-order valence-electron chi connectivity index (χ2n) is 4.80. The van der Waals surface area contributed by atoms with Crippen molar-refractivity contribution in [3.8, 4) is 0 Å². The zero-order valence-corrected chi connectivity index (χ0v) is 9.29. The number of nitrogens with zero attached hydrogens (tertiary/aromatic N) is 1. The Labute approximate surface area is 82.5 Å². The fourth-order valence-corrected chi connectivity index (χ4v) is 2.31. The molecule has 0 aromatic heterocycles. The standard InChI is InChI=1S/C11H24N2/c1-9-5-4-6-13(8-9)11(3)7-10(2)12/h9-11H,4-8,12H2,1-3H3. The van der Waals surface area contributed by atoms with Crippen LogP contribution in [0.1, 0.15) is 40.0 Å². The third-order valence-corrected chi connectivity index (χ3v) is 3.02. The molecule has 0 aromatic rings.